The maximum atomic E-state index is 14.1. The number of benzene rings is 3. The van der Waals surface area contributed by atoms with Crippen LogP contribution in [0.1, 0.15) is 49.8 Å². The number of rotatable bonds is 6. The number of fused-ring (bicyclic) bond motifs is 1. The van der Waals surface area contributed by atoms with Crippen LogP contribution < -0.4 is 4.90 Å². The third kappa shape index (κ3) is 6.04. The van der Waals surface area contributed by atoms with E-state index in [1.54, 1.807) is 32.9 Å². The van der Waals surface area contributed by atoms with Gasteiger partial charge in [0.2, 0.25) is 0 Å². The summed E-state index contributed by atoms with van der Waals surface area (Å²) in [4.78, 5) is 41.1. The first-order valence-corrected chi connectivity index (χ1v) is 13.3. The number of allylic oxidation sites excluding steroid dienone is 1. The van der Waals surface area contributed by atoms with Crippen molar-refractivity contribution in [1.82, 2.24) is 0 Å². The Balaban J connectivity index is 1.95. The maximum absolute atomic E-state index is 14.1. The number of hydrogen-bond acceptors (Lipinski definition) is 5. The van der Waals surface area contributed by atoms with Gasteiger partial charge in [0.15, 0.2) is 0 Å². The van der Waals surface area contributed by atoms with Crippen molar-refractivity contribution in [2.24, 2.45) is 0 Å². The van der Waals surface area contributed by atoms with Crippen LogP contribution in [0, 0.1) is 0 Å². The topological polar surface area (TPSA) is 72.9 Å². The summed E-state index contributed by atoms with van der Waals surface area (Å²) in [5.41, 5.74) is 3.19. The Labute approximate surface area is 237 Å². The van der Waals surface area contributed by atoms with E-state index in [1.807, 2.05) is 66.7 Å². The molecule has 1 aliphatic heterocycles. The average molecular weight is 588 g/mol. The molecule has 0 aliphatic carbocycles. The summed E-state index contributed by atoms with van der Waals surface area (Å²) in [5, 5.41) is 0. The molecule has 200 valence electrons. The zero-order valence-corrected chi connectivity index (χ0v) is 23.9. The van der Waals surface area contributed by atoms with Gasteiger partial charge in [-0.2, -0.15) is 0 Å². The number of amides is 2. The number of halogens is 1. The minimum atomic E-state index is -0.789. The van der Waals surface area contributed by atoms with Crippen molar-refractivity contribution in [2.75, 3.05) is 12.0 Å². The van der Waals surface area contributed by atoms with Gasteiger partial charge in [-0.1, -0.05) is 83.2 Å². The molecule has 0 fully saturated rings. The zero-order chi connectivity index (χ0) is 28.3. The Morgan fingerprint density at radius 1 is 0.974 bits per heavy atom. The molecular formula is C32H30BrNO5. The first kappa shape index (κ1) is 28.0. The summed E-state index contributed by atoms with van der Waals surface area (Å²) in [5.74, 6) is -1.51. The molecule has 4 rings (SSSR count). The zero-order valence-electron chi connectivity index (χ0n) is 22.4. The molecule has 1 unspecified atom stereocenters. The van der Waals surface area contributed by atoms with Crippen molar-refractivity contribution >= 4 is 50.7 Å². The SMILES string of the molecule is C=C(C(=O)OC)C(C/C(=C1/C(=O)N(C(=O)OC(C)(C)C)c2ccccc21)c1cccc(Br)c1)c1ccccc1. The highest BCUT2D eigenvalue weighted by molar-refractivity contribution is 9.10. The number of hydrogen-bond donors (Lipinski definition) is 0. The fourth-order valence-corrected chi connectivity index (χ4v) is 5.04. The molecule has 0 saturated carbocycles. The normalized spacial score (nSPS) is 14.9. The summed E-state index contributed by atoms with van der Waals surface area (Å²) in [6.45, 7) is 9.33. The molecule has 0 spiro atoms. The number of anilines is 1. The summed E-state index contributed by atoms with van der Waals surface area (Å²) in [6, 6.07) is 24.2. The Morgan fingerprint density at radius 3 is 2.28 bits per heavy atom. The third-order valence-electron chi connectivity index (χ3n) is 6.36. The van der Waals surface area contributed by atoms with Crippen molar-refractivity contribution in [2.45, 2.75) is 38.7 Å². The van der Waals surface area contributed by atoms with Crippen LogP contribution in [-0.2, 0) is 19.1 Å². The number of methoxy groups -OCH3 is 1. The number of esters is 1. The molecule has 1 heterocycles. The van der Waals surface area contributed by atoms with Gasteiger partial charge in [0.05, 0.1) is 18.4 Å². The first-order valence-electron chi connectivity index (χ1n) is 12.5. The molecule has 3 aromatic carbocycles. The van der Waals surface area contributed by atoms with E-state index in [1.165, 1.54) is 7.11 Å². The van der Waals surface area contributed by atoms with E-state index in [2.05, 4.69) is 22.5 Å². The Kier molecular flexibility index (Phi) is 8.21. The van der Waals surface area contributed by atoms with Gasteiger partial charge in [-0.15, -0.1) is 0 Å². The van der Waals surface area contributed by atoms with Crippen molar-refractivity contribution in [3.8, 4) is 0 Å². The molecule has 0 saturated heterocycles. The van der Waals surface area contributed by atoms with Crippen LogP contribution in [0.4, 0.5) is 10.5 Å². The molecule has 6 nitrogen and oxygen atoms in total. The fraction of sp³-hybridized carbons (Fsp3) is 0.219. The molecule has 0 bridgehead atoms. The minimum Gasteiger partial charge on any atom is -0.466 e. The molecule has 0 radical (unpaired) electrons. The summed E-state index contributed by atoms with van der Waals surface area (Å²) < 4.78 is 11.4. The lowest BCUT2D eigenvalue weighted by molar-refractivity contribution is -0.136. The molecule has 0 N–H and O–H groups in total. The second-order valence-electron chi connectivity index (χ2n) is 10.2. The molecule has 1 aliphatic rings. The summed E-state index contributed by atoms with van der Waals surface area (Å²) in [6.07, 6.45) is -0.492. The molecule has 3 aromatic rings. The highest BCUT2D eigenvalue weighted by Gasteiger charge is 2.41. The molecular weight excluding hydrogens is 558 g/mol. The predicted octanol–water partition coefficient (Wildman–Crippen LogP) is 7.54. The predicted molar refractivity (Wildman–Crippen MR) is 156 cm³/mol. The second-order valence-corrected chi connectivity index (χ2v) is 11.1. The Hall–Kier alpha value is -3.97. The molecule has 7 heteroatoms. The van der Waals surface area contributed by atoms with Crippen LogP contribution in [0.15, 0.2) is 95.5 Å². The Bertz CT molecular complexity index is 1470. The van der Waals surface area contributed by atoms with Gasteiger partial charge in [0.1, 0.15) is 5.60 Å². The van der Waals surface area contributed by atoms with E-state index >= 15 is 0 Å². The van der Waals surface area contributed by atoms with E-state index in [4.69, 9.17) is 9.47 Å². The maximum Gasteiger partial charge on any atom is 0.422 e. The van der Waals surface area contributed by atoms with E-state index in [-0.39, 0.29) is 12.0 Å². The number of carbonyl (C=O) groups is 3. The van der Waals surface area contributed by atoms with E-state index in [0.29, 0.717) is 22.4 Å². The number of para-hydroxylation sites is 1. The summed E-state index contributed by atoms with van der Waals surface area (Å²) >= 11 is 3.54. The van der Waals surface area contributed by atoms with Gasteiger partial charge in [-0.05, 0) is 62.1 Å². The monoisotopic (exact) mass is 587 g/mol. The Morgan fingerprint density at radius 2 is 1.64 bits per heavy atom. The second kappa shape index (κ2) is 11.4. The highest BCUT2D eigenvalue weighted by Crippen LogP contribution is 2.45. The number of nitrogens with zero attached hydrogens (tertiary/aromatic N) is 1. The number of carbonyl (C=O) groups excluding carboxylic acids is 3. The molecule has 0 aromatic heterocycles. The van der Waals surface area contributed by atoms with E-state index in [9.17, 15) is 14.4 Å². The van der Waals surface area contributed by atoms with Crippen LogP contribution in [0.2, 0.25) is 0 Å². The van der Waals surface area contributed by atoms with Crippen LogP contribution in [0.5, 0.6) is 0 Å². The lowest BCUT2D eigenvalue weighted by atomic mass is 9.81. The van der Waals surface area contributed by atoms with Crippen LogP contribution in [0.3, 0.4) is 0 Å². The van der Waals surface area contributed by atoms with Crippen molar-refractivity contribution in [3.05, 3.63) is 112 Å². The van der Waals surface area contributed by atoms with Crippen molar-refractivity contribution in [1.29, 1.82) is 0 Å². The highest BCUT2D eigenvalue weighted by atomic mass is 79.9. The minimum absolute atomic E-state index is 0.256. The van der Waals surface area contributed by atoms with Crippen molar-refractivity contribution in [3.63, 3.8) is 0 Å². The number of ether oxygens (including phenoxy) is 2. The largest absolute Gasteiger partial charge is 0.466 e. The smallest absolute Gasteiger partial charge is 0.422 e. The van der Waals surface area contributed by atoms with Crippen LogP contribution in [0.25, 0.3) is 11.1 Å². The number of imide groups is 1. The van der Waals surface area contributed by atoms with Gasteiger partial charge in [0.25, 0.3) is 5.91 Å². The first-order chi connectivity index (χ1) is 18.5. The quantitative estimate of drug-likeness (QED) is 0.220. The van der Waals surface area contributed by atoms with Gasteiger partial charge < -0.3 is 9.47 Å². The van der Waals surface area contributed by atoms with Gasteiger partial charge in [-0.3, -0.25) is 4.79 Å². The van der Waals surface area contributed by atoms with Gasteiger partial charge in [0, 0.05) is 21.5 Å². The van der Waals surface area contributed by atoms with Crippen molar-refractivity contribution < 1.29 is 23.9 Å². The molecule has 39 heavy (non-hydrogen) atoms. The molecule has 2 amide bonds. The van der Waals surface area contributed by atoms with E-state index in [0.717, 1.165) is 20.5 Å². The summed E-state index contributed by atoms with van der Waals surface area (Å²) in [7, 11) is 1.32. The van der Waals surface area contributed by atoms with Gasteiger partial charge >= 0.3 is 12.1 Å². The van der Waals surface area contributed by atoms with E-state index < -0.39 is 29.5 Å². The van der Waals surface area contributed by atoms with Gasteiger partial charge in [-0.25, -0.2) is 14.5 Å². The lowest BCUT2D eigenvalue weighted by Gasteiger charge is -2.24. The third-order valence-corrected chi connectivity index (χ3v) is 6.85. The standard InChI is InChI=1S/C32H30BrNO5/c1-20(30(36)38-5)25(21-12-7-6-8-13-21)19-26(22-14-11-15-23(33)18-22)28-24-16-9-10-17-27(24)34(29(28)35)31(37)39-32(2,3)4/h6-18,25H,1,19H2,2-5H3/b28-26-. The van der Waals surface area contributed by atoms with Crippen LogP contribution in [-0.4, -0.2) is 30.7 Å². The lowest BCUT2D eigenvalue weighted by Crippen LogP contribution is -2.38. The molecule has 1 atom stereocenters. The van der Waals surface area contributed by atoms with Crippen LogP contribution >= 0.6 is 15.9 Å². The average Bonchev–Trinajstić information content (AvgIpc) is 3.19. The fourth-order valence-electron chi connectivity index (χ4n) is 4.64.